The first kappa shape index (κ1) is 19.3. The third kappa shape index (κ3) is 3.80. The highest BCUT2D eigenvalue weighted by Crippen LogP contribution is 2.36. The van der Waals surface area contributed by atoms with E-state index >= 15 is 0 Å². The van der Waals surface area contributed by atoms with E-state index in [1.165, 1.54) is 33.5 Å². The van der Waals surface area contributed by atoms with Crippen LogP contribution in [0, 0.1) is 0 Å². The Balaban J connectivity index is 2.73. The molecule has 0 saturated heterocycles. The number of amides is 1. The zero-order valence-corrected chi connectivity index (χ0v) is 15.4. The number of carbonyl (C=O) groups is 1. The molecule has 0 saturated carbocycles. The van der Waals surface area contributed by atoms with Crippen molar-refractivity contribution in [3.8, 4) is 17.2 Å². The molecule has 0 fully saturated rings. The van der Waals surface area contributed by atoms with Crippen molar-refractivity contribution in [2.45, 2.75) is 4.90 Å². The van der Waals surface area contributed by atoms with Gasteiger partial charge in [0.2, 0.25) is 9.84 Å². The maximum absolute atomic E-state index is 12.8. The van der Waals surface area contributed by atoms with Crippen molar-refractivity contribution in [1.29, 1.82) is 0 Å². The number of nitrogens with two attached hydrogens (primary N) is 1. The molecule has 0 aliphatic carbocycles. The second kappa shape index (κ2) is 7.92. The number of benzene rings is 2. The second-order valence-electron chi connectivity index (χ2n) is 5.13. The minimum absolute atomic E-state index is 0.0449. The fraction of sp³-hybridized carbons (Fsp3) is 0.167. The highest BCUT2D eigenvalue weighted by molar-refractivity contribution is 7.96. The molecule has 2 aromatic carbocycles. The summed E-state index contributed by atoms with van der Waals surface area (Å²) < 4.78 is 41.4. The molecule has 0 heterocycles. The maximum Gasteiger partial charge on any atom is 0.260 e. The zero-order chi connectivity index (χ0) is 19.3. The molecule has 2 rings (SSSR count). The monoisotopic (exact) mass is 377 g/mol. The number of hydrogen-bond donors (Lipinski definition) is 1. The normalized spacial score (nSPS) is 11.7. The first-order valence-corrected chi connectivity index (χ1v) is 8.95. The molecular formula is C18H19NO6S. The van der Waals surface area contributed by atoms with E-state index in [1.807, 2.05) is 0 Å². The molecule has 2 aromatic rings. The van der Waals surface area contributed by atoms with Crippen LogP contribution in [0.15, 0.2) is 52.3 Å². The SMILES string of the molecule is COc1cc(OC)c(/C=C(/C(N)=O)S(=O)(=O)c2ccccc2)c(OC)c1. The van der Waals surface area contributed by atoms with Crippen LogP contribution in [0.2, 0.25) is 0 Å². The molecule has 0 unspecified atom stereocenters. The average Bonchev–Trinajstić information content (AvgIpc) is 2.65. The van der Waals surface area contributed by atoms with E-state index in [1.54, 1.807) is 30.3 Å². The van der Waals surface area contributed by atoms with Crippen LogP contribution in [-0.2, 0) is 14.6 Å². The van der Waals surface area contributed by atoms with Gasteiger partial charge in [-0.15, -0.1) is 0 Å². The van der Waals surface area contributed by atoms with E-state index in [4.69, 9.17) is 19.9 Å². The molecule has 0 aliphatic heterocycles. The standard InChI is InChI=1S/C18H19NO6S/c1-23-12-9-15(24-2)14(16(10-12)25-3)11-17(18(19)20)26(21,22)13-7-5-4-6-8-13/h4-11H,1-3H3,(H2,19,20)/b17-11-. The van der Waals surface area contributed by atoms with E-state index < -0.39 is 20.6 Å². The zero-order valence-electron chi connectivity index (χ0n) is 14.6. The summed E-state index contributed by atoms with van der Waals surface area (Å²) in [4.78, 5) is 11.3. The summed E-state index contributed by atoms with van der Waals surface area (Å²) in [7, 11) is 0.159. The number of carbonyl (C=O) groups excluding carboxylic acids is 1. The summed E-state index contributed by atoms with van der Waals surface area (Å²) in [5.41, 5.74) is 5.61. The highest BCUT2D eigenvalue weighted by Gasteiger charge is 2.26. The Morgan fingerprint density at radius 2 is 1.50 bits per heavy atom. The highest BCUT2D eigenvalue weighted by atomic mass is 32.2. The van der Waals surface area contributed by atoms with Crippen molar-refractivity contribution in [3.05, 3.63) is 52.9 Å². The van der Waals surface area contributed by atoms with E-state index in [0.29, 0.717) is 5.75 Å². The van der Waals surface area contributed by atoms with Crippen molar-refractivity contribution in [2.75, 3.05) is 21.3 Å². The number of primary amides is 1. The van der Waals surface area contributed by atoms with E-state index in [9.17, 15) is 13.2 Å². The van der Waals surface area contributed by atoms with Gasteiger partial charge in [0, 0.05) is 12.1 Å². The Morgan fingerprint density at radius 3 is 1.92 bits per heavy atom. The van der Waals surface area contributed by atoms with Crippen LogP contribution in [0.1, 0.15) is 5.56 Å². The van der Waals surface area contributed by atoms with Crippen LogP contribution < -0.4 is 19.9 Å². The van der Waals surface area contributed by atoms with Crippen LogP contribution >= 0.6 is 0 Å². The molecule has 0 spiro atoms. The number of hydrogen-bond acceptors (Lipinski definition) is 6. The van der Waals surface area contributed by atoms with Gasteiger partial charge in [0.25, 0.3) is 5.91 Å². The van der Waals surface area contributed by atoms with Gasteiger partial charge in [-0.25, -0.2) is 8.42 Å². The Hall–Kier alpha value is -3.00. The fourth-order valence-electron chi connectivity index (χ4n) is 2.31. The van der Waals surface area contributed by atoms with Crippen molar-refractivity contribution in [3.63, 3.8) is 0 Å². The molecule has 1 amide bonds. The summed E-state index contributed by atoms with van der Waals surface area (Å²) in [6.07, 6.45) is 1.14. The number of methoxy groups -OCH3 is 3. The lowest BCUT2D eigenvalue weighted by Gasteiger charge is -2.14. The molecule has 7 nitrogen and oxygen atoms in total. The van der Waals surface area contributed by atoms with Crippen LogP contribution in [0.3, 0.4) is 0 Å². The van der Waals surface area contributed by atoms with Gasteiger partial charge < -0.3 is 19.9 Å². The van der Waals surface area contributed by atoms with Crippen LogP contribution in [0.5, 0.6) is 17.2 Å². The Kier molecular flexibility index (Phi) is 5.89. The minimum atomic E-state index is -4.12. The molecule has 0 radical (unpaired) electrons. The summed E-state index contributed by atoms with van der Waals surface area (Å²) in [5.74, 6) is -0.109. The smallest absolute Gasteiger partial charge is 0.260 e. The summed E-state index contributed by atoms with van der Waals surface area (Å²) in [6.45, 7) is 0. The Morgan fingerprint density at radius 1 is 0.962 bits per heavy atom. The lowest BCUT2D eigenvalue weighted by Crippen LogP contribution is -2.21. The summed E-state index contributed by atoms with van der Waals surface area (Å²) in [5, 5.41) is 0. The molecule has 8 heteroatoms. The third-order valence-electron chi connectivity index (χ3n) is 3.61. The van der Waals surface area contributed by atoms with Crippen molar-refractivity contribution >= 4 is 21.8 Å². The van der Waals surface area contributed by atoms with Gasteiger partial charge in [-0.05, 0) is 18.2 Å². The quantitative estimate of drug-likeness (QED) is 0.740. The van der Waals surface area contributed by atoms with Gasteiger partial charge in [-0.3, -0.25) is 4.79 Å². The van der Waals surface area contributed by atoms with E-state index in [-0.39, 0.29) is 22.0 Å². The third-order valence-corrected chi connectivity index (χ3v) is 5.41. The van der Waals surface area contributed by atoms with Gasteiger partial charge in [0.15, 0.2) is 0 Å². The lowest BCUT2D eigenvalue weighted by atomic mass is 10.1. The number of sulfone groups is 1. The predicted octanol–water partition coefficient (Wildman–Crippen LogP) is 2.01. The topological polar surface area (TPSA) is 105 Å². The van der Waals surface area contributed by atoms with Gasteiger partial charge in [-0.2, -0.15) is 0 Å². The van der Waals surface area contributed by atoms with Crippen molar-refractivity contribution in [2.24, 2.45) is 5.73 Å². The van der Waals surface area contributed by atoms with Gasteiger partial charge in [-0.1, -0.05) is 18.2 Å². The largest absolute Gasteiger partial charge is 0.496 e. The molecule has 138 valence electrons. The Bertz CT molecular complexity index is 910. The van der Waals surface area contributed by atoms with E-state index in [0.717, 1.165) is 6.08 Å². The predicted molar refractivity (Wildman–Crippen MR) is 96.9 cm³/mol. The van der Waals surface area contributed by atoms with Gasteiger partial charge in [0.1, 0.15) is 22.2 Å². The van der Waals surface area contributed by atoms with Crippen LogP contribution in [-0.4, -0.2) is 35.7 Å². The van der Waals surface area contributed by atoms with Gasteiger partial charge >= 0.3 is 0 Å². The lowest BCUT2D eigenvalue weighted by molar-refractivity contribution is -0.113. The van der Waals surface area contributed by atoms with Crippen LogP contribution in [0.4, 0.5) is 0 Å². The number of rotatable bonds is 7. The molecular weight excluding hydrogens is 358 g/mol. The Labute approximate surface area is 151 Å². The number of ether oxygens (including phenoxy) is 3. The molecule has 0 bridgehead atoms. The van der Waals surface area contributed by atoms with E-state index in [2.05, 4.69) is 0 Å². The average molecular weight is 377 g/mol. The summed E-state index contributed by atoms with van der Waals surface area (Å²) >= 11 is 0. The molecule has 0 atom stereocenters. The molecule has 0 aromatic heterocycles. The second-order valence-corrected chi connectivity index (χ2v) is 7.05. The molecule has 0 aliphatic rings. The first-order chi connectivity index (χ1) is 12.3. The molecule has 26 heavy (non-hydrogen) atoms. The van der Waals surface area contributed by atoms with Gasteiger partial charge in [0.05, 0.1) is 31.8 Å². The molecule has 2 N–H and O–H groups in total. The minimum Gasteiger partial charge on any atom is -0.496 e. The van der Waals surface area contributed by atoms with Crippen molar-refractivity contribution in [1.82, 2.24) is 0 Å². The maximum atomic E-state index is 12.8. The van der Waals surface area contributed by atoms with Crippen molar-refractivity contribution < 1.29 is 27.4 Å². The first-order valence-electron chi connectivity index (χ1n) is 7.46. The van der Waals surface area contributed by atoms with Crippen LogP contribution in [0.25, 0.3) is 6.08 Å². The fourth-order valence-corrected chi connectivity index (χ4v) is 3.62. The summed E-state index contributed by atoms with van der Waals surface area (Å²) in [6, 6.07) is 10.6.